The van der Waals surface area contributed by atoms with Crippen molar-refractivity contribution in [1.82, 2.24) is 19.4 Å². The molecule has 2 aliphatic rings. The Bertz CT molecular complexity index is 1240. The SMILES string of the molecule is C=C(N=C(OC)C(C)N1CC(CC)N(c2nc(=O)n(C)c3ccc(C#N)nc23)C[C@H]1CC)C1CC1. The third-order valence-electron chi connectivity index (χ3n) is 7.37. The second kappa shape index (κ2) is 10.2. The van der Waals surface area contributed by atoms with Gasteiger partial charge in [0.2, 0.25) is 5.90 Å². The summed E-state index contributed by atoms with van der Waals surface area (Å²) in [5, 5.41) is 9.42. The molecule has 3 atom stereocenters. The van der Waals surface area contributed by atoms with Gasteiger partial charge in [0.1, 0.15) is 17.3 Å². The number of aromatic nitrogens is 3. The molecule has 186 valence electrons. The number of aliphatic imine (C=N–C) groups is 1. The summed E-state index contributed by atoms with van der Waals surface area (Å²) in [6.45, 7) is 12.1. The van der Waals surface area contributed by atoms with E-state index < -0.39 is 0 Å². The number of piperazine rings is 1. The van der Waals surface area contributed by atoms with Crippen LogP contribution in [0.1, 0.15) is 52.1 Å². The lowest BCUT2D eigenvalue weighted by molar-refractivity contribution is 0.118. The van der Waals surface area contributed by atoms with Crippen LogP contribution in [0.5, 0.6) is 0 Å². The van der Waals surface area contributed by atoms with Crippen LogP contribution in [-0.2, 0) is 11.8 Å². The van der Waals surface area contributed by atoms with E-state index in [4.69, 9.17) is 9.73 Å². The Morgan fingerprint density at radius 2 is 1.97 bits per heavy atom. The molecule has 2 aromatic rings. The summed E-state index contributed by atoms with van der Waals surface area (Å²) in [6, 6.07) is 5.83. The molecular formula is C26H35N7O2. The number of fused-ring (bicyclic) bond motifs is 1. The molecule has 0 radical (unpaired) electrons. The quantitative estimate of drug-likeness (QED) is 0.446. The van der Waals surface area contributed by atoms with Crippen LogP contribution in [0.15, 0.2) is 34.2 Å². The monoisotopic (exact) mass is 477 g/mol. The number of hydrogen-bond donors (Lipinski definition) is 0. The van der Waals surface area contributed by atoms with Gasteiger partial charge in [0.15, 0.2) is 5.82 Å². The fourth-order valence-corrected chi connectivity index (χ4v) is 4.99. The summed E-state index contributed by atoms with van der Waals surface area (Å²) in [7, 11) is 3.36. The maximum absolute atomic E-state index is 12.7. The van der Waals surface area contributed by atoms with Crippen molar-refractivity contribution < 1.29 is 4.74 Å². The Kier molecular flexibility index (Phi) is 7.22. The van der Waals surface area contributed by atoms with E-state index in [1.54, 1.807) is 26.3 Å². The second-order valence-electron chi connectivity index (χ2n) is 9.52. The number of pyridine rings is 1. The number of ether oxygens (including phenoxy) is 1. The highest BCUT2D eigenvalue weighted by atomic mass is 16.5. The van der Waals surface area contributed by atoms with Gasteiger partial charge in [-0.15, -0.1) is 0 Å². The minimum atomic E-state index is -0.329. The van der Waals surface area contributed by atoms with Gasteiger partial charge in [-0.3, -0.25) is 9.47 Å². The van der Waals surface area contributed by atoms with Gasteiger partial charge in [-0.05, 0) is 44.7 Å². The fraction of sp³-hybridized carbons (Fsp3) is 0.577. The summed E-state index contributed by atoms with van der Waals surface area (Å²) < 4.78 is 7.22. The van der Waals surface area contributed by atoms with Crippen LogP contribution in [0.3, 0.4) is 0 Å². The standard InChI is InChI=1S/C26H35N7O2/c1-7-20-15-33(24-23-22(31(5)26(34)30-24)12-11-19(13-27)29-23)21(8-2)14-32(20)17(4)25(35-6)28-16(3)18-9-10-18/h11-12,17-18,20-21H,3,7-10,14-15H2,1-2,4-6H3/t17?,20-,21?/m1/s1. The van der Waals surface area contributed by atoms with Crippen LogP contribution < -0.4 is 10.6 Å². The van der Waals surface area contributed by atoms with Crippen LogP contribution >= 0.6 is 0 Å². The van der Waals surface area contributed by atoms with Crippen molar-refractivity contribution in [2.75, 3.05) is 25.1 Å². The Morgan fingerprint density at radius 3 is 2.57 bits per heavy atom. The highest BCUT2D eigenvalue weighted by Crippen LogP contribution is 2.36. The summed E-state index contributed by atoms with van der Waals surface area (Å²) in [4.78, 5) is 31.1. The lowest BCUT2D eigenvalue weighted by Crippen LogP contribution is -2.62. The van der Waals surface area contributed by atoms with Crippen molar-refractivity contribution in [2.24, 2.45) is 18.0 Å². The molecule has 3 heterocycles. The zero-order valence-corrected chi connectivity index (χ0v) is 21.4. The number of methoxy groups -OCH3 is 1. The molecule has 4 rings (SSSR count). The van der Waals surface area contributed by atoms with Crippen LogP contribution in [0.4, 0.5) is 5.82 Å². The maximum Gasteiger partial charge on any atom is 0.349 e. The number of nitriles is 1. The molecule has 2 aromatic heterocycles. The van der Waals surface area contributed by atoms with Gasteiger partial charge in [0.05, 0.1) is 18.7 Å². The maximum atomic E-state index is 12.7. The van der Waals surface area contributed by atoms with Crippen LogP contribution in [0.25, 0.3) is 11.0 Å². The molecule has 1 saturated heterocycles. The molecule has 1 aliphatic heterocycles. The van der Waals surface area contributed by atoms with Crippen molar-refractivity contribution in [3.8, 4) is 6.07 Å². The fourth-order valence-electron chi connectivity index (χ4n) is 4.99. The average molecular weight is 478 g/mol. The number of allylic oxidation sites excluding steroid dienone is 1. The Hall–Kier alpha value is -3.25. The van der Waals surface area contributed by atoms with Crippen LogP contribution in [-0.4, -0.2) is 63.7 Å². The number of hydrogen-bond acceptors (Lipinski definition) is 8. The van der Waals surface area contributed by atoms with Crippen molar-refractivity contribution in [3.05, 3.63) is 40.6 Å². The van der Waals surface area contributed by atoms with E-state index in [1.807, 2.05) is 0 Å². The Balaban J connectivity index is 1.71. The summed E-state index contributed by atoms with van der Waals surface area (Å²) in [6.07, 6.45) is 4.09. The Morgan fingerprint density at radius 1 is 1.26 bits per heavy atom. The summed E-state index contributed by atoms with van der Waals surface area (Å²) >= 11 is 0. The smallest absolute Gasteiger partial charge is 0.349 e. The third kappa shape index (κ3) is 4.80. The van der Waals surface area contributed by atoms with Gasteiger partial charge >= 0.3 is 5.69 Å². The molecule has 0 amide bonds. The normalized spacial score (nSPS) is 22.2. The average Bonchev–Trinajstić information content (AvgIpc) is 3.73. The first-order valence-corrected chi connectivity index (χ1v) is 12.4. The summed E-state index contributed by atoms with van der Waals surface area (Å²) in [5.41, 5.74) is 2.14. The van der Waals surface area contributed by atoms with Gasteiger partial charge in [-0.25, -0.2) is 14.8 Å². The van der Waals surface area contributed by atoms with Crippen molar-refractivity contribution in [2.45, 2.75) is 64.6 Å². The molecule has 1 aliphatic carbocycles. The van der Waals surface area contributed by atoms with Crippen molar-refractivity contribution >= 4 is 22.7 Å². The summed E-state index contributed by atoms with van der Waals surface area (Å²) in [5.74, 6) is 1.74. The van der Waals surface area contributed by atoms with E-state index in [0.29, 0.717) is 40.9 Å². The second-order valence-corrected chi connectivity index (χ2v) is 9.52. The molecule has 2 fully saturated rings. The molecule has 1 saturated carbocycles. The predicted octanol–water partition coefficient (Wildman–Crippen LogP) is 3.24. The van der Waals surface area contributed by atoms with E-state index >= 15 is 0 Å². The van der Waals surface area contributed by atoms with E-state index in [1.165, 1.54) is 4.57 Å². The molecular weight excluding hydrogens is 442 g/mol. The lowest BCUT2D eigenvalue weighted by atomic mass is 9.99. The van der Waals surface area contributed by atoms with Crippen molar-refractivity contribution in [3.63, 3.8) is 0 Å². The highest BCUT2D eigenvalue weighted by Gasteiger charge is 2.38. The minimum absolute atomic E-state index is 0.00619. The number of rotatable bonds is 7. The first-order chi connectivity index (χ1) is 16.8. The van der Waals surface area contributed by atoms with E-state index in [-0.39, 0.29) is 23.8 Å². The topological polar surface area (TPSA) is 99.6 Å². The predicted molar refractivity (Wildman–Crippen MR) is 137 cm³/mol. The lowest BCUT2D eigenvalue weighted by Gasteiger charge is -2.48. The number of aryl methyl sites for hydroxylation is 1. The largest absolute Gasteiger partial charge is 0.483 e. The first kappa shape index (κ1) is 24.9. The molecule has 0 aromatic carbocycles. The third-order valence-corrected chi connectivity index (χ3v) is 7.37. The van der Waals surface area contributed by atoms with Crippen LogP contribution in [0.2, 0.25) is 0 Å². The van der Waals surface area contributed by atoms with E-state index in [2.05, 4.69) is 53.2 Å². The van der Waals surface area contributed by atoms with Gasteiger partial charge in [-0.1, -0.05) is 20.4 Å². The van der Waals surface area contributed by atoms with Crippen LogP contribution in [0, 0.1) is 17.2 Å². The Labute approximate surface area is 206 Å². The first-order valence-electron chi connectivity index (χ1n) is 12.4. The zero-order valence-electron chi connectivity index (χ0n) is 21.4. The van der Waals surface area contributed by atoms with E-state index in [9.17, 15) is 10.1 Å². The van der Waals surface area contributed by atoms with Gasteiger partial charge in [0.25, 0.3) is 0 Å². The highest BCUT2D eigenvalue weighted by molar-refractivity contribution is 5.86. The van der Waals surface area contributed by atoms with Crippen molar-refractivity contribution in [1.29, 1.82) is 5.26 Å². The minimum Gasteiger partial charge on any atom is -0.483 e. The molecule has 35 heavy (non-hydrogen) atoms. The number of nitrogens with zero attached hydrogens (tertiary/aromatic N) is 7. The molecule has 0 spiro atoms. The molecule has 0 bridgehead atoms. The zero-order chi connectivity index (χ0) is 25.3. The molecule has 0 N–H and O–H groups in total. The van der Waals surface area contributed by atoms with E-state index in [0.717, 1.165) is 37.9 Å². The molecule has 9 heteroatoms. The molecule has 2 unspecified atom stereocenters. The van der Waals surface area contributed by atoms with Gasteiger partial charge in [-0.2, -0.15) is 10.2 Å². The van der Waals surface area contributed by atoms with Gasteiger partial charge < -0.3 is 9.64 Å². The number of anilines is 1. The van der Waals surface area contributed by atoms with Gasteiger partial charge in [0, 0.05) is 43.8 Å². The molecule has 9 nitrogen and oxygen atoms in total.